The van der Waals surface area contributed by atoms with Crippen molar-refractivity contribution in [3.8, 4) is 0 Å². The molecule has 2 atom stereocenters. The van der Waals surface area contributed by atoms with Gasteiger partial charge in [-0.05, 0) is 35.8 Å². The van der Waals surface area contributed by atoms with E-state index >= 15 is 0 Å². The summed E-state index contributed by atoms with van der Waals surface area (Å²) in [4.78, 5) is 0. The molecule has 0 amide bonds. The Kier molecular flexibility index (Phi) is 8.51. The van der Waals surface area contributed by atoms with Crippen molar-refractivity contribution >= 4 is 22.6 Å². The van der Waals surface area contributed by atoms with E-state index in [4.69, 9.17) is 9.47 Å². The van der Waals surface area contributed by atoms with Gasteiger partial charge in [-0.15, -0.1) is 0 Å². The van der Waals surface area contributed by atoms with E-state index in [1.807, 2.05) is 0 Å². The molecule has 0 spiro atoms. The van der Waals surface area contributed by atoms with E-state index in [0.29, 0.717) is 0 Å². The Morgan fingerprint density at radius 3 is 2.94 bits per heavy atom. The summed E-state index contributed by atoms with van der Waals surface area (Å²) in [6.45, 7) is 3.09. The maximum atomic E-state index is 5.96. The Morgan fingerprint density at radius 1 is 1.44 bits per heavy atom. The van der Waals surface area contributed by atoms with Crippen LogP contribution in [0.1, 0.15) is 51.9 Å². The molecule has 1 aliphatic heterocycles. The zero-order valence-electron chi connectivity index (χ0n) is 10.2. The van der Waals surface area contributed by atoms with Crippen molar-refractivity contribution in [1.82, 2.24) is 0 Å². The van der Waals surface area contributed by atoms with Gasteiger partial charge in [0, 0.05) is 6.61 Å². The Labute approximate surface area is 113 Å². The average Bonchev–Trinajstić information content (AvgIpc) is 2.31. The second-order valence-electron chi connectivity index (χ2n) is 4.28. The molecule has 0 aliphatic carbocycles. The predicted octanol–water partition coefficient (Wildman–Crippen LogP) is 4.43. The SMILES string of the molecule is CCCCC[C@@H](/C=C\I)OC1CCCCO1. The largest absolute Gasteiger partial charge is 0.353 e. The molecule has 3 heteroatoms. The molecule has 0 bridgehead atoms. The lowest BCUT2D eigenvalue weighted by atomic mass is 10.1. The van der Waals surface area contributed by atoms with Gasteiger partial charge >= 0.3 is 0 Å². The topological polar surface area (TPSA) is 18.5 Å². The van der Waals surface area contributed by atoms with Gasteiger partial charge in [-0.2, -0.15) is 0 Å². The summed E-state index contributed by atoms with van der Waals surface area (Å²) >= 11 is 2.26. The highest BCUT2D eigenvalue weighted by Gasteiger charge is 2.17. The van der Waals surface area contributed by atoms with Crippen LogP contribution in [0.4, 0.5) is 0 Å². The second kappa shape index (κ2) is 9.42. The summed E-state index contributed by atoms with van der Waals surface area (Å²) in [6.07, 6.45) is 10.8. The van der Waals surface area contributed by atoms with Crippen molar-refractivity contribution in [3.63, 3.8) is 0 Å². The summed E-state index contributed by atoms with van der Waals surface area (Å²) in [7, 11) is 0. The summed E-state index contributed by atoms with van der Waals surface area (Å²) in [5.74, 6) is 0. The first-order valence-electron chi connectivity index (χ1n) is 6.40. The lowest BCUT2D eigenvalue weighted by Gasteiger charge is -2.26. The molecule has 1 fully saturated rings. The van der Waals surface area contributed by atoms with Crippen LogP contribution >= 0.6 is 22.6 Å². The van der Waals surface area contributed by atoms with Gasteiger partial charge in [0.15, 0.2) is 6.29 Å². The monoisotopic (exact) mass is 338 g/mol. The lowest BCUT2D eigenvalue weighted by molar-refractivity contribution is -0.179. The van der Waals surface area contributed by atoms with Crippen molar-refractivity contribution in [2.24, 2.45) is 0 Å². The van der Waals surface area contributed by atoms with Crippen molar-refractivity contribution in [3.05, 3.63) is 10.2 Å². The standard InChI is InChI=1S/C13H23IO2/c1-2-3-4-7-12(9-10-14)16-13-8-5-6-11-15-13/h9-10,12-13H,2-8,11H2,1H3/b10-9-/t12-,13?/m0/s1. The molecule has 1 heterocycles. The van der Waals surface area contributed by atoms with Crippen LogP contribution in [0.5, 0.6) is 0 Å². The van der Waals surface area contributed by atoms with Gasteiger partial charge in [0.05, 0.1) is 6.10 Å². The molecule has 0 aromatic rings. The minimum atomic E-state index is 0.0352. The van der Waals surface area contributed by atoms with Crippen LogP contribution in [0.2, 0.25) is 0 Å². The molecule has 0 N–H and O–H groups in total. The first-order valence-corrected chi connectivity index (χ1v) is 7.65. The number of hydrogen-bond donors (Lipinski definition) is 0. The van der Waals surface area contributed by atoms with Gasteiger partial charge in [0.25, 0.3) is 0 Å². The molecule has 0 radical (unpaired) electrons. The summed E-state index contributed by atoms with van der Waals surface area (Å²) < 4.78 is 13.6. The van der Waals surface area contributed by atoms with E-state index < -0.39 is 0 Å². The second-order valence-corrected chi connectivity index (χ2v) is 5.00. The molecule has 0 aromatic heterocycles. The number of hydrogen-bond acceptors (Lipinski definition) is 2. The van der Waals surface area contributed by atoms with Gasteiger partial charge in [0.2, 0.25) is 0 Å². The van der Waals surface area contributed by atoms with Crippen LogP contribution in [-0.2, 0) is 9.47 Å². The number of rotatable bonds is 7. The molecule has 1 unspecified atom stereocenters. The molecule has 1 aliphatic rings. The highest BCUT2D eigenvalue weighted by atomic mass is 127. The minimum Gasteiger partial charge on any atom is -0.353 e. The highest BCUT2D eigenvalue weighted by Crippen LogP contribution is 2.18. The summed E-state index contributed by atoms with van der Waals surface area (Å²) in [6, 6.07) is 0. The van der Waals surface area contributed by atoms with Crippen LogP contribution in [0.15, 0.2) is 10.2 Å². The third kappa shape index (κ3) is 6.21. The maximum Gasteiger partial charge on any atom is 0.158 e. The van der Waals surface area contributed by atoms with Crippen LogP contribution in [-0.4, -0.2) is 19.0 Å². The number of halogens is 1. The van der Waals surface area contributed by atoms with Gasteiger partial charge < -0.3 is 9.47 Å². The van der Waals surface area contributed by atoms with E-state index in [0.717, 1.165) is 19.4 Å². The Bertz CT molecular complexity index is 188. The lowest BCUT2D eigenvalue weighted by Crippen LogP contribution is -2.27. The van der Waals surface area contributed by atoms with E-state index in [9.17, 15) is 0 Å². The molecule has 16 heavy (non-hydrogen) atoms. The van der Waals surface area contributed by atoms with Crippen LogP contribution in [0.3, 0.4) is 0 Å². The van der Waals surface area contributed by atoms with Crippen LogP contribution < -0.4 is 0 Å². The smallest absolute Gasteiger partial charge is 0.158 e. The third-order valence-corrected chi connectivity index (χ3v) is 3.26. The van der Waals surface area contributed by atoms with Gasteiger partial charge in [-0.25, -0.2) is 0 Å². The van der Waals surface area contributed by atoms with Crippen LogP contribution in [0.25, 0.3) is 0 Å². The van der Waals surface area contributed by atoms with Crippen molar-refractivity contribution in [2.45, 2.75) is 64.3 Å². The number of unbranched alkanes of at least 4 members (excludes halogenated alkanes) is 2. The quantitative estimate of drug-likeness (QED) is 0.505. The van der Waals surface area contributed by atoms with Gasteiger partial charge in [-0.1, -0.05) is 48.8 Å². The van der Waals surface area contributed by atoms with Crippen molar-refractivity contribution < 1.29 is 9.47 Å². The van der Waals surface area contributed by atoms with Crippen LogP contribution in [0, 0.1) is 0 Å². The fourth-order valence-corrected chi connectivity index (χ4v) is 2.36. The summed E-state index contributed by atoms with van der Waals surface area (Å²) in [5.41, 5.74) is 0. The average molecular weight is 338 g/mol. The molecule has 1 saturated heterocycles. The first-order chi connectivity index (χ1) is 7.86. The fraction of sp³-hybridized carbons (Fsp3) is 0.846. The van der Waals surface area contributed by atoms with E-state index in [1.165, 1.54) is 32.1 Å². The van der Waals surface area contributed by atoms with E-state index in [1.54, 1.807) is 0 Å². The van der Waals surface area contributed by atoms with Crippen molar-refractivity contribution in [2.75, 3.05) is 6.61 Å². The maximum absolute atomic E-state index is 5.96. The normalized spacial score (nSPS) is 23.8. The Morgan fingerprint density at radius 2 is 2.31 bits per heavy atom. The zero-order chi connectivity index (χ0) is 11.6. The molecule has 0 aromatic carbocycles. The molecule has 94 valence electrons. The Hall–Kier alpha value is 0.390. The van der Waals surface area contributed by atoms with E-state index in [-0.39, 0.29) is 12.4 Å². The predicted molar refractivity (Wildman–Crippen MR) is 75.8 cm³/mol. The molecular weight excluding hydrogens is 315 g/mol. The van der Waals surface area contributed by atoms with E-state index in [2.05, 4.69) is 39.7 Å². The third-order valence-electron chi connectivity index (χ3n) is 2.84. The van der Waals surface area contributed by atoms with Gasteiger partial charge in [0.1, 0.15) is 0 Å². The molecular formula is C13H23IO2. The first kappa shape index (κ1) is 14.5. The summed E-state index contributed by atoms with van der Waals surface area (Å²) in [5, 5.41) is 0. The van der Waals surface area contributed by atoms with Crippen molar-refractivity contribution in [1.29, 1.82) is 0 Å². The molecule has 1 rings (SSSR count). The molecule has 0 saturated carbocycles. The zero-order valence-corrected chi connectivity index (χ0v) is 12.3. The Balaban J connectivity index is 2.25. The molecule has 2 nitrogen and oxygen atoms in total. The highest BCUT2D eigenvalue weighted by molar-refractivity contribution is 14.1. The van der Waals surface area contributed by atoms with Gasteiger partial charge in [-0.3, -0.25) is 0 Å². The fourth-order valence-electron chi connectivity index (χ4n) is 1.90. The minimum absolute atomic E-state index is 0.0352. The number of ether oxygens (including phenoxy) is 2.